The minimum absolute atomic E-state index is 0.288. The van der Waals surface area contributed by atoms with Crippen molar-refractivity contribution >= 4 is 33.2 Å². The Bertz CT molecular complexity index is 721. The van der Waals surface area contributed by atoms with E-state index in [1.165, 1.54) is 11.3 Å². The zero-order chi connectivity index (χ0) is 15.4. The highest BCUT2D eigenvalue weighted by Crippen LogP contribution is 2.26. The molecule has 5 nitrogen and oxygen atoms in total. The third kappa shape index (κ3) is 3.61. The molecule has 7 heteroatoms. The van der Waals surface area contributed by atoms with E-state index in [9.17, 15) is 4.79 Å². The third-order valence-corrected chi connectivity index (χ3v) is 4.41. The van der Waals surface area contributed by atoms with Gasteiger partial charge in [0.2, 0.25) is 0 Å². The van der Waals surface area contributed by atoms with Gasteiger partial charge >= 0.3 is 0 Å². The summed E-state index contributed by atoms with van der Waals surface area (Å²) in [5.74, 6) is 5.30. The highest BCUT2D eigenvalue weighted by Gasteiger charge is 2.12. The Morgan fingerprint density at radius 1 is 1.52 bits per heavy atom. The number of aryl methyl sites for hydroxylation is 1. The molecule has 3 N–H and O–H groups in total. The lowest BCUT2D eigenvalue weighted by Crippen LogP contribution is -2.29. The molecule has 21 heavy (non-hydrogen) atoms. The quantitative estimate of drug-likeness (QED) is 0.495. The number of carbonyl (C=O) groups is 1. The summed E-state index contributed by atoms with van der Waals surface area (Å²) >= 11 is 4.66. The van der Waals surface area contributed by atoms with Gasteiger partial charge in [-0.15, -0.1) is 11.3 Å². The fourth-order valence-corrected chi connectivity index (χ4v) is 3.01. The second-order valence-electron chi connectivity index (χ2n) is 4.21. The summed E-state index contributed by atoms with van der Waals surface area (Å²) in [7, 11) is 0. The van der Waals surface area contributed by atoms with Gasteiger partial charge < -0.3 is 4.74 Å². The third-order valence-electron chi connectivity index (χ3n) is 2.82. The Morgan fingerprint density at radius 3 is 2.95 bits per heavy atom. The van der Waals surface area contributed by atoms with Crippen LogP contribution in [0.2, 0.25) is 0 Å². The summed E-state index contributed by atoms with van der Waals surface area (Å²) in [5.41, 5.74) is 3.45. The molecular weight excluding hydrogens is 354 g/mol. The molecule has 0 radical (unpaired) electrons. The first-order valence-corrected chi connectivity index (χ1v) is 7.58. The molecule has 2 rings (SSSR count). The van der Waals surface area contributed by atoms with Gasteiger partial charge in [-0.2, -0.15) is 5.26 Å². The second kappa shape index (κ2) is 6.72. The average molecular weight is 366 g/mol. The van der Waals surface area contributed by atoms with Gasteiger partial charge in [0.1, 0.15) is 18.4 Å². The zero-order valence-corrected chi connectivity index (χ0v) is 13.5. The zero-order valence-electron chi connectivity index (χ0n) is 11.1. The normalized spacial score (nSPS) is 10.0. The van der Waals surface area contributed by atoms with Crippen molar-refractivity contribution in [3.63, 3.8) is 0 Å². The van der Waals surface area contributed by atoms with Crippen LogP contribution in [-0.2, 0) is 6.61 Å². The number of rotatable bonds is 4. The van der Waals surface area contributed by atoms with Crippen molar-refractivity contribution in [2.45, 2.75) is 13.5 Å². The molecule has 1 amide bonds. The number of nitrogens with zero attached hydrogens (tertiary/aromatic N) is 1. The van der Waals surface area contributed by atoms with Crippen LogP contribution in [-0.4, -0.2) is 5.91 Å². The molecule has 0 saturated carbocycles. The predicted octanol–water partition coefficient (Wildman–Crippen LogP) is 2.87. The van der Waals surface area contributed by atoms with E-state index in [0.29, 0.717) is 16.2 Å². The van der Waals surface area contributed by atoms with E-state index in [1.54, 1.807) is 18.2 Å². The van der Waals surface area contributed by atoms with E-state index in [4.69, 9.17) is 15.8 Å². The molecule has 0 aliphatic rings. The van der Waals surface area contributed by atoms with Gasteiger partial charge in [-0.3, -0.25) is 10.2 Å². The Morgan fingerprint density at radius 2 is 2.29 bits per heavy atom. The molecule has 0 unspecified atom stereocenters. The van der Waals surface area contributed by atoms with Crippen LogP contribution in [0, 0.1) is 18.3 Å². The van der Waals surface area contributed by atoms with Gasteiger partial charge in [-0.05, 0) is 31.2 Å². The number of carbonyl (C=O) groups excluding carboxylic acids is 1. The van der Waals surface area contributed by atoms with Gasteiger partial charge in [-0.25, -0.2) is 5.84 Å². The maximum atomic E-state index is 11.5. The van der Waals surface area contributed by atoms with Crippen LogP contribution >= 0.6 is 27.3 Å². The highest BCUT2D eigenvalue weighted by atomic mass is 79.9. The maximum absolute atomic E-state index is 11.5. The summed E-state index contributed by atoms with van der Waals surface area (Å²) in [6.45, 7) is 2.19. The van der Waals surface area contributed by atoms with E-state index in [1.807, 2.05) is 13.0 Å². The maximum Gasteiger partial charge on any atom is 0.275 e. The largest absolute Gasteiger partial charge is 0.487 e. The van der Waals surface area contributed by atoms with Crippen LogP contribution < -0.4 is 16.0 Å². The number of ether oxygens (including phenoxy) is 1. The molecule has 1 aromatic heterocycles. The minimum atomic E-state index is -0.323. The van der Waals surface area contributed by atoms with Crippen molar-refractivity contribution in [3.8, 4) is 11.8 Å². The molecule has 0 aliphatic heterocycles. The van der Waals surface area contributed by atoms with Crippen LogP contribution in [0.25, 0.3) is 0 Å². The second-order valence-corrected chi connectivity index (χ2v) is 6.38. The molecule has 2 aromatic rings. The molecule has 0 aliphatic carbocycles. The van der Waals surface area contributed by atoms with Crippen molar-refractivity contribution in [2.75, 3.05) is 0 Å². The first kappa shape index (κ1) is 15.5. The van der Waals surface area contributed by atoms with E-state index < -0.39 is 0 Å². The average Bonchev–Trinajstić information content (AvgIpc) is 2.86. The lowest BCUT2D eigenvalue weighted by Gasteiger charge is -2.07. The van der Waals surface area contributed by atoms with Crippen LogP contribution in [0.5, 0.6) is 5.75 Å². The number of benzene rings is 1. The van der Waals surface area contributed by atoms with Crippen molar-refractivity contribution in [3.05, 3.63) is 49.6 Å². The highest BCUT2D eigenvalue weighted by molar-refractivity contribution is 9.10. The molecule has 0 bridgehead atoms. The molecular formula is C14H12BrN3O2S. The molecule has 0 saturated heterocycles. The monoisotopic (exact) mass is 365 g/mol. The number of hydrazine groups is 1. The molecule has 108 valence electrons. The number of nitriles is 1. The Labute approximate surface area is 134 Å². The van der Waals surface area contributed by atoms with Crippen molar-refractivity contribution in [1.82, 2.24) is 5.43 Å². The fraction of sp³-hybridized carbons (Fsp3) is 0.143. The number of halogens is 1. The first-order valence-electron chi connectivity index (χ1n) is 5.98. The van der Waals surface area contributed by atoms with Gasteiger partial charge in [-0.1, -0.05) is 15.9 Å². The summed E-state index contributed by atoms with van der Waals surface area (Å²) in [5, 5.41) is 9.09. The molecule has 0 atom stereocenters. The minimum Gasteiger partial charge on any atom is -0.487 e. The summed E-state index contributed by atoms with van der Waals surface area (Å²) < 4.78 is 6.50. The number of hydrogen-bond donors (Lipinski definition) is 2. The SMILES string of the molecule is Cc1sc(C(=O)NN)cc1COc1ccc(Br)cc1C#N. The lowest BCUT2D eigenvalue weighted by atomic mass is 10.2. The van der Waals surface area contributed by atoms with Crippen molar-refractivity contribution in [2.24, 2.45) is 5.84 Å². The lowest BCUT2D eigenvalue weighted by molar-refractivity contribution is 0.0957. The molecule has 1 aromatic carbocycles. The van der Waals surface area contributed by atoms with Crippen molar-refractivity contribution < 1.29 is 9.53 Å². The fourth-order valence-electron chi connectivity index (χ4n) is 1.72. The molecule has 0 fully saturated rings. The number of nitrogens with two attached hydrogens (primary N) is 1. The Kier molecular flexibility index (Phi) is 4.96. The standard InChI is InChI=1S/C14H12BrN3O2S/c1-8-10(5-13(21-8)14(19)18-17)7-20-12-3-2-11(15)4-9(12)6-16/h2-5H,7,17H2,1H3,(H,18,19). The van der Waals surface area contributed by atoms with E-state index in [-0.39, 0.29) is 12.5 Å². The number of amides is 1. The van der Waals surface area contributed by atoms with Crippen LogP contribution in [0.4, 0.5) is 0 Å². The van der Waals surface area contributed by atoms with Gasteiger partial charge in [0.25, 0.3) is 5.91 Å². The summed E-state index contributed by atoms with van der Waals surface area (Å²) in [6, 6.07) is 9.07. The van der Waals surface area contributed by atoms with Crippen LogP contribution in [0.15, 0.2) is 28.7 Å². The number of thiophene rings is 1. The van der Waals surface area contributed by atoms with Crippen molar-refractivity contribution in [1.29, 1.82) is 5.26 Å². The molecule has 1 heterocycles. The summed E-state index contributed by atoms with van der Waals surface area (Å²) in [6.07, 6.45) is 0. The van der Waals surface area contributed by atoms with Gasteiger partial charge in [0, 0.05) is 14.9 Å². The summed E-state index contributed by atoms with van der Waals surface area (Å²) in [4.78, 5) is 13.0. The van der Waals surface area contributed by atoms with Gasteiger partial charge in [0.05, 0.1) is 10.4 Å². The number of nitrogens with one attached hydrogen (secondary N) is 1. The smallest absolute Gasteiger partial charge is 0.275 e. The Balaban J connectivity index is 2.16. The van der Waals surface area contributed by atoms with E-state index in [0.717, 1.165) is 14.9 Å². The number of hydrogen-bond acceptors (Lipinski definition) is 5. The van der Waals surface area contributed by atoms with Gasteiger partial charge in [0.15, 0.2) is 0 Å². The molecule has 0 spiro atoms. The first-order chi connectivity index (χ1) is 10.0. The van der Waals surface area contributed by atoms with E-state index in [2.05, 4.69) is 27.4 Å². The van der Waals surface area contributed by atoms with Crippen LogP contribution in [0.1, 0.15) is 25.7 Å². The van der Waals surface area contributed by atoms with Crippen LogP contribution in [0.3, 0.4) is 0 Å². The number of nitrogen functional groups attached to an aromatic ring is 1. The predicted molar refractivity (Wildman–Crippen MR) is 83.9 cm³/mol. The Hall–Kier alpha value is -1.88. The van der Waals surface area contributed by atoms with E-state index >= 15 is 0 Å². The topological polar surface area (TPSA) is 88.1 Å².